The van der Waals surface area contributed by atoms with Gasteiger partial charge in [-0.3, -0.25) is 9.69 Å². The molecule has 0 amide bonds. The number of likely N-dealkylation sites (tertiary alicyclic amines) is 1. The standard InChI is InChI=1S/C18H25NO4S/c1-12(20)17-6-13(11-24-17)7-19-8-14-9-23-5-3-18(14,21)15-10-22-4-2-16(15)19/h6,11,14-16,21H,2-5,7-10H2,1H3/t14-,15+,16-,18-/m0/s1. The van der Waals surface area contributed by atoms with Crippen LogP contribution in [0, 0.1) is 11.8 Å². The number of carbonyl (C=O) groups is 1. The summed E-state index contributed by atoms with van der Waals surface area (Å²) < 4.78 is 11.4. The summed E-state index contributed by atoms with van der Waals surface area (Å²) in [4.78, 5) is 14.8. The predicted molar refractivity (Wildman–Crippen MR) is 91.3 cm³/mol. The van der Waals surface area contributed by atoms with E-state index in [1.165, 1.54) is 16.9 Å². The first-order chi connectivity index (χ1) is 11.6. The normalized spacial score (nSPS) is 36.8. The van der Waals surface area contributed by atoms with Crippen LogP contribution in [0.2, 0.25) is 0 Å². The second-order valence-corrected chi connectivity index (χ2v) is 8.27. The fraction of sp³-hybridized carbons (Fsp3) is 0.722. The molecule has 132 valence electrons. The summed E-state index contributed by atoms with van der Waals surface area (Å²) in [6, 6.07) is 2.36. The van der Waals surface area contributed by atoms with E-state index < -0.39 is 5.60 Å². The first-order valence-corrected chi connectivity index (χ1v) is 9.66. The van der Waals surface area contributed by atoms with Crippen molar-refractivity contribution in [2.75, 3.05) is 33.0 Å². The first-order valence-electron chi connectivity index (χ1n) is 8.78. The molecule has 1 aromatic rings. The maximum absolute atomic E-state index is 11.5. The van der Waals surface area contributed by atoms with Gasteiger partial charge in [-0.05, 0) is 30.4 Å². The molecule has 4 atom stereocenters. The molecule has 0 saturated carbocycles. The Hall–Kier alpha value is -0.790. The molecule has 0 unspecified atom stereocenters. The van der Waals surface area contributed by atoms with Crippen molar-refractivity contribution in [2.24, 2.45) is 11.8 Å². The van der Waals surface area contributed by atoms with Crippen LogP contribution < -0.4 is 0 Å². The molecule has 3 fully saturated rings. The van der Waals surface area contributed by atoms with E-state index >= 15 is 0 Å². The van der Waals surface area contributed by atoms with Gasteiger partial charge in [-0.25, -0.2) is 0 Å². The summed E-state index contributed by atoms with van der Waals surface area (Å²) in [5, 5.41) is 13.4. The van der Waals surface area contributed by atoms with Gasteiger partial charge in [0.05, 0.1) is 23.7 Å². The van der Waals surface area contributed by atoms with E-state index in [0.29, 0.717) is 32.3 Å². The van der Waals surface area contributed by atoms with Crippen LogP contribution in [0.5, 0.6) is 0 Å². The molecule has 0 bridgehead atoms. The topological polar surface area (TPSA) is 59.0 Å². The Morgan fingerprint density at radius 1 is 1.42 bits per heavy atom. The van der Waals surface area contributed by atoms with E-state index in [-0.39, 0.29) is 17.6 Å². The second-order valence-electron chi connectivity index (χ2n) is 7.36. The van der Waals surface area contributed by atoms with Gasteiger partial charge in [-0.1, -0.05) is 0 Å². The van der Waals surface area contributed by atoms with Gasteiger partial charge >= 0.3 is 0 Å². The summed E-state index contributed by atoms with van der Waals surface area (Å²) in [5.41, 5.74) is 0.538. The van der Waals surface area contributed by atoms with Crippen LogP contribution in [0.15, 0.2) is 11.4 Å². The lowest BCUT2D eigenvalue weighted by Gasteiger charge is -2.57. The Bertz CT molecular complexity index is 618. The molecule has 5 nitrogen and oxygen atoms in total. The number of carbonyl (C=O) groups excluding carboxylic acids is 1. The van der Waals surface area contributed by atoms with E-state index in [0.717, 1.165) is 31.0 Å². The largest absolute Gasteiger partial charge is 0.389 e. The number of ether oxygens (including phenoxy) is 2. The lowest BCUT2D eigenvalue weighted by molar-refractivity contribution is -0.221. The summed E-state index contributed by atoms with van der Waals surface area (Å²) in [5.74, 6) is 0.420. The zero-order chi connectivity index (χ0) is 16.7. The van der Waals surface area contributed by atoms with Crippen LogP contribution in [0.1, 0.15) is 35.0 Å². The molecule has 4 heterocycles. The molecule has 1 aromatic heterocycles. The molecule has 0 spiro atoms. The number of thiophene rings is 1. The van der Waals surface area contributed by atoms with E-state index in [1.807, 2.05) is 6.07 Å². The highest BCUT2D eigenvalue weighted by Gasteiger charge is 2.55. The van der Waals surface area contributed by atoms with Crippen LogP contribution in [-0.2, 0) is 16.0 Å². The highest BCUT2D eigenvalue weighted by molar-refractivity contribution is 7.12. The smallest absolute Gasteiger partial charge is 0.169 e. The van der Waals surface area contributed by atoms with Crippen molar-refractivity contribution in [1.29, 1.82) is 0 Å². The average Bonchev–Trinajstić information content (AvgIpc) is 3.05. The highest BCUT2D eigenvalue weighted by atomic mass is 32.1. The molecule has 0 radical (unpaired) electrons. The lowest BCUT2D eigenvalue weighted by Crippen LogP contribution is -2.67. The van der Waals surface area contributed by atoms with Gasteiger partial charge in [-0.2, -0.15) is 0 Å². The highest BCUT2D eigenvalue weighted by Crippen LogP contribution is 2.44. The third-order valence-electron chi connectivity index (χ3n) is 5.95. The molecule has 3 aliphatic rings. The Morgan fingerprint density at radius 2 is 2.25 bits per heavy atom. The van der Waals surface area contributed by atoms with Crippen LogP contribution in [-0.4, -0.2) is 60.4 Å². The molecule has 3 aliphatic heterocycles. The fourth-order valence-corrected chi connectivity index (χ4v) is 5.43. The van der Waals surface area contributed by atoms with Crippen LogP contribution in [0.25, 0.3) is 0 Å². The minimum Gasteiger partial charge on any atom is -0.389 e. The summed E-state index contributed by atoms with van der Waals surface area (Å²) >= 11 is 1.52. The van der Waals surface area contributed by atoms with Gasteiger partial charge in [-0.15, -0.1) is 11.3 Å². The van der Waals surface area contributed by atoms with Crippen molar-refractivity contribution in [3.63, 3.8) is 0 Å². The minimum atomic E-state index is -0.654. The number of ketones is 1. The Morgan fingerprint density at radius 3 is 3.04 bits per heavy atom. The third-order valence-corrected chi connectivity index (χ3v) is 7.02. The first kappa shape index (κ1) is 16.7. The van der Waals surface area contributed by atoms with Gasteiger partial charge in [0.15, 0.2) is 5.78 Å². The monoisotopic (exact) mass is 351 g/mol. The molecule has 6 heteroatoms. The number of nitrogens with zero attached hydrogens (tertiary/aromatic N) is 1. The quantitative estimate of drug-likeness (QED) is 0.844. The van der Waals surface area contributed by atoms with E-state index in [1.54, 1.807) is 6.92 Å². The van der Waals surface area contributed by atoms with E-state index in [4.69, 9.17) is 9.47 Å². The lowest BCUT2D eigenvalue weighted by atomic mass is 9.66. The number of piperidine rings is 1. The Kier molecular flexibility index (Phi) is 4.51. The van der Waals surface area contributed by atoms with Crippen molar-refractivity contribution >= 4 is 17.1 Å². The molecule has 3 saturated heterocycles. The molecular weight excluding hydrogens is 326 g/mol. The minimum absolute atomic E-state index is 0.129. The van der Waals surface area contributed by atoms with Gasteiger partial charge < -0.3 is 14.6 Å². The SMILES string of the molecule is CC(=O)c1cc(CN2C[C@H]3COCC[C@@]3(O)[C@@H]3COCC[C@@H]32)cs1. The molecule has 4 rings (SSSR count). The number of aliphatic hydroxyl groups is 1. The van der Waals surface area contributed by atoms with Gasteiger partial charge in [0.2, 0.25) is 0 Å². The van der Waals surface area contributed by atoms with Crippen LogP contribution in [0.4, 0.5) is 0 Å². The van der Waals surface area contributed by atoms with Gasteiger partial charge in [0, 0.05) is 50.6 Å². The Balaban J connectivity index is 1.57. The van der Waals surface area contributed by atoms with Crippen molar-refractivity contribution in [3.8, 4) is 0 Å². The number of rotatable bonds is 3. The number of fused-ring (bicyclic) bond motifs is 3. The molecule has 1 N–H and O–H groups in total. The maximum atomic E-state index is 11.5. The van der Waals surface area contributed by atoms with Crippen molar-refractivity contribution < 1.29 is 19.4 Å². The maximum Gasteiger partial charge on any atom is 0.169 e. The molecule has 0 aromatic carbocycles. The summed E-state index contributed by atoms with van der Waals surface area (Å²) in [6.45, 7) is 5.96. The zero-order valence-electron chi connectivity index (χ0n) is 14.1. The molecule has 0 aliphatic carbocycles. The van der Waals surface area contributed by atoms with Crippen molar-refractivity contribution in [1.82, 2.24) is 4.90 Å². The molecule has 24 heavy (non-hydrogen) atoms. The molecular formula is C18H25NO4S. The third kappa shape index (κ3) is 2.84. The zero-order valence-corrected chi connectivity index (χ0v) is 14.9. The van der Waals surface area contributed by atoms with Gasteiger partial charge in [0.25, 0.3) is 0 Å². The average molecular weight is 351 g/mol. The van der Waals surface area contributed by atoms with Crippen LogP contribution in [0.3, 0.4) is 0 Å². The summed E-state index contributed by atoms with van der Waals surface area (Å²) in [7, 11) is 0. The summed E-state index contributed by atoms with van der Waals surface area (Å²) in [6.07, 6.45) is 1.67. The fourth-order valence-electron chi connectivity index (χ4n) is 4.63. The number of Topliss-reactive ketones (excluding diaryl/α,β-unsaturated/α-hetero) is 1. The number of hydrogen-bond donors (Lipinski definition) is 1. The number of hydrogen-bond acceptors (Lipinski definition) is 6. The predicted octanol–water partition coefficient (Wildman–Crippen LogP) is 1.94. The second kappa shape index (κ2) is 6.50. The van der Waals surface area contributed by atoms with E-state index in [2.05, 4.69) is 10.3 Å². The van der Waals surface area contributed by atoms with Crippen molar-refractivity contribution in [2.45, 2.75) is 38.0 Å². The van der Waals surface area contributed by atoms with E-state index in [9.17, 15) is 9.90 Å². The van der Waals surface area contributed by atoms with Crippen molar-refractivity contribution in [3.05, 3.63) is 21.9 Å². The Labute approximate surface area is 146 Å². The van der Waals surface area contributed by atoms with Gasteiger partial charge in [0.1, 0.15) is 0 Å². The van der Waals surface area contributed by atoms with Crippen LogP contribution >= 0.6 is 11.3 Å².